The minimum absolute atomic E-state index is 0.00389. The fraction of sp³-hybridized carbons (Fsp3) is 0.174. The van der Waals surface area contributed by atoms with Gasteiger partial charge in [-0.3, -0.25) is 9.69 Å². The molecule has 4 rings (SSSR count). The van der Waals surface area contributed by atoms with Gasteiger partial charge in [0, 0.05) is 28.4 Å². The molecule has 136 valence electrons. The summed E-state index contributed by atoms with van der Waals surface area (Å²) < 4.78 is 0. The highest BCUT2D eigenvalue weighted by Crippen LogP contribution is 2.52. The minimum atomic E-state index is 0.00389. The van der Waals surface area contributed by atoms with Gasteiger partial charge in [-0.05, 0) is 50.2 Å². The molecule has 3 nitrogen and oxygen atoms in total. The number of nitrogens with zero attached hydrogens (tertiary/aromatic N) is 2. The SMILES string of the molecule is CCN(CC)c1cccc2c1N(C(=O)c1ccccc1)c1ccccc1S2. The second-order valence-corrected chi connectivity index (χ2v) is 7.46. The van der Waals surface area contributed by atoms with E-state index in [9.17, 15) is 4.79 Å². The second kappa shape index (κ2) is 7.49. The van der Waals surface area contributed by atoms with Gasteiger partial charge in [0.15, 0.2) is 0 Å². The molecule has 0 atom stereocenters. The van der Waals surface area contributed by atoms with Crippen molar-refractivity contribution in [1.29, 1.82) is 0 Å². The van der Waals surface area contributed by atoms with Crippen LogP contribution in [0.1, 0.15) is 24.2 Å². The van der Waals surface area contributed by atoms with Crippen LogP contribution < -0.4 is 9.80 Å². The Kier molecular flexibility index (Phi) is 4.90. The first-order chi connectivity index (χ1) is 13.2. The zero-order valence-electron chi connectivity index (χ0n) is 15.6. The van der Waals surface area contributed by atoms with Crippen LogP contribution in [0.4, 0.5) is 17.1 Å². The maximum Gasteiger partial charge on any atom is 0.262 e. The minimum Gasteiger partial charge on any atom is -0.370 e. The van der Waals surface area contributed by atoms with E-state index in [0.29, 0.717) is 5.56 Å². The number of hydrogen-bond acceptors (Lipinski definition) is 3. The van der Waals surface area contributed by atoms with E-state index in [1.165, 1.54) is 0 Å². The number of rotatable bonds is 4. The molecule has 0 N–H and O–H groups in total. The summed E-state index contributed by atoms with van der Waals surface area (Å²) in [6.07, 6.45) is 0. The van der Waals surface area contributed by atoms with Gasteiger partial charge in [0.25, 0.3) is 5.91 Å². The zero-order chi connectivity index (χ0) is 18.8. The summed E-state index contributed by atoms with van der Waals surface area (Å²) in [5.74, 6) is 0.00389. The third kappa shape index (κ3) is 3.10. The van der Waals surface area contributed by atoms with Crippen molar-refractivity contribution in [2.24, 2.45) is 0 Å². The van der Waals surface area contributed by atoms with E-state index in [2.05, 4.69) is 43.0 Å². The summed E-state index contributed by atoms with van der Waals surface area (Å²) in [5.41, 5.74) is 3.73. The fourth-order valence-electron chi connectivity index (χ4n) is 3.53. The molecule has 0 bridgehead atoms. The first kappa shape index (κ1) is 17.7. The van der Waals surface area contributed by atoms with Crippen LogP contribution in [-0.4, -0.2) is 19.0 Å². The van der Waals surface area contributed by atoms with Crippen LogP contribution in [0.3, 0.4) is 0 Å². The van der Waals surface area contributed by atoms with E-state index in [-0.39, 0.29) is 5.91 Å². The van der Waals surface area contributed by atoms with Crippen LogP contribution in [0.5, 0.6) is 0 Å². The monoisotopic (exact) mass is 374 g/mol. The van der Waals surface area contributed by atoms with Gasteiger partial charge in [-0.1, -0.05) is 48.2 Å². The number of anilines is 3. The van der Waals surface area contributed by atoms with E-state index >= 15 is 0 Å². The van der Waals surface area contributed by atoms with Crippen molar-refractivity contribution < 1.29 is 4.79 Å². The van der Waals surface area contributed by atoms with Crippen LogP contribution >= 0.6 is 11.8 Å². The average Bonchev–Trinajstić information content (AvgIpc) is 2.73. The van der Waals surface area contributed by atoms with E-state index in [4.69, 9.17) is 0 Å². The largest absolute Gasteiger partial charge is 0.370 e. The van der Waals surface area contributed by atoms with Crippen molar-refractivity contribution in [3.8, 4) is 0 Å². The van der Waals surface area contributed by atoms with Crippen molar-refractivity contribution in [2.45, 2.75) is 23.6 Å². The number of carbonyl (C=O) groups excluding carboxylic acids is 1. The lowest BCUT2D eigenvalue weighted by Gasteiger charge is -2.35. The van der Waals surface area contributed by atoms with Crippen LogP contribution in [-0.2, 0) is 0 Å². The maximum absolute atomic E-state index is 13.6. The first-order valence-corrected chi connectivity index (χ1v) is 10.1. The molecular weight excluding hydrogens is 352 g/mol. The Morgan fingerprint density at radius 2 is 1.52 bits per heavy atom. The molecule has 0 unspecified atom stereocenters. The third-order valence-electron chi connectivity index (χ3n) is 4.86. The van der Waals surface area contributed by atoms with E-state index in [1.54, 1.807) is 11.8 Å². The highest BCUT2D eigenvalue weighted by Gasteiger charge is 2.31. The van der Waals surface area contributed by atoms with Gasteiger partial charge < -0.3 is 4.90 Å². The number of amides is 1. The molecule has 3 aromatic carbocycles. The molecule has 0 spiro atoms. The normalized spacial score (nSPS) is 12.3. The molecule has 0 saturated carbocycles. The fourth-order valence-corrected chi connectivity index (χ4v) is 4.61. The number of hydrogen-bond donors (Lipinski definition) is 0. The molecular formula is C23H22N2OS. The van der Waals surface area contributed by atoms with Crippen molar-refractivity contribution >= 4 is 34.7 Å². The summed E-state index contributed by atoms with van der Waals surface area (Å²) in [5, 5.41) is 0. The summed E-state index contributed by atoms with van der Waals surface area (Å²) in [4.78, 5) is 20.0. The zero-order valence-corrected chi connectivity index (χ0v) is 16.4. The maximum atomic E-state index is 13.6. The van der Waals surface area contributed by atoms with Crippen molar-refractivity contribution in [2.75, 3.05) is 22.9 Å². The van der Waals surface area contributed by atoms with Crippen molar-refractivity contribution in [3.05, 3.63) is 78.4 Å². The number of fused-ring (bicyclic) bond motifs is 2. The summed E-state index contributed by atoms with van der Waals surface area (Å²) in [7, 11) is 0. The Morgan fingerprint density at radius 1 is 0.852 bits per heavy atom. The summed E-state index contributed by atoms with van der Waals surface area (Å²) in [6, 6.07) is 24.0. The third-order valence-corrected chi connectivity index (χ3v) is 5.97. The highest BCUT2D eigenvalue weighted by molar-refractivity contribution is 7.99. The summed E-state index contributed by atoms with van der Waals surface area (Å²) >= 11 is 1.73. The Balaban J connectivity index is 1.94. The van der Waals surface area contributed by atoms with Gasteiger partial charge >= 0.3 is 0 Å². The van der Waals surface area contributed by atoms with Crippen LogP contribution in [0.15, 0.2) is 82.6 Å². The van der Waals surface area contributed by atoms with E-state index in [0.717, 1.165) is 39.9 Å². The number of benzene rings is 3. The highest BCUT2D eigenvalue weighted by atomic mass is 32.2. The Hall–Kier alpha value is -2.72. The molecule has 0 saturated heterocycles. The molecule has 1 aliphatic heterocycles. The van der Waals surface area contributed by atoms with Gasteiger partial charge in [-0.2, -0.15) is 0 Å². The molecule has 0 aliphatic carbocycles. The van der Waals surface area contributed by atoms with Crippen molar-refractivity contribution in [3.63, 3.8) is 0 Å². The molecule has 27 heavy (non-hydrogen) atoms. The molecule has 4 heteroatoms. The molecule has 1 heterocycles. The van der Waals surface area contributed by atoms with Gasteiger partial charge in [-0.15, -0.1) is 0 Å². The quantitative estimate of drug-likeness (QED) is 0.561. The van der Waals surface area contributed by atoms with Gasteiger partial charge in [-0.25, -0.2) is 0 Å². The Labute approximate surface area is 164 Å². The second-order valence-electron chi connectivity index (χ2n) is 6.37. The lowest BCUT2D eigenvalue weighted by atomic mass is 10.1. The topological polar surface area (TPSA) is 23.6 Å². The Bertz CT molecular complexity index is 967. The van der Waals surface area contributed by atoms with Crippen LogP contribution in [0, 0.1) is 0 Å². The predicted molar refractivity (Wildman–Crippen MR) is 113 cm³/mol. The predicted octanol–water partition coefficient (Wildman–Crippen LogP) is 5.98. The molecule has 0 aromatic heterocycles. The van der Waals surface area contributed by atoms with Crippen LogP contribution in [0.2, 0.25) is 0 Å². The molecule has 3 aromatic rings. The molecule has 0 fully saturated rings. The lowest BCUT2D eigenvalue weighted by molar-refractivity contribution is 0.0998. The van der Waals surface area contributed by atoms with Crippen molar-refractivity contribution in [1.82, 2.24) is 0 Å². The standard InChI is InChI=1S/C23H22N2OS/c1-3-24(4-2)19-14-10-16-21-22(19)25(18-13-8-9-15-20(18)27-21)23(26)17-11-6-5-7-12-17/h5-16H,3-4H2,1-2H3. The van der Waals surface area contributed by atoms with Gasteiger partial charge in [0.1, 0.15) is 0 Å². The van der Waals surface area contributed by atoms with Gasteiger partial charge in [0.2, 0.25) is 0 Å². The van der Waals surface area contributed by atoms with Crippen LogP contribution in [0.25, 0.3) is 0 Å². The van der Waals surface area contributed by atoms with E-state index in [1.807, 2.05) is 53.4 Å². The molecule has 0 radical (unpaired) electrons. The molecule has 1 aliphatic rings. The molecule has 1 amide bonds. The Morgan fingerprint density at radius 3 is 2.26 bits per heavy atom. The lowest BCUT2D eigenvalue weighted by Crippen LogP contribution is -2.32. The van der Waals surface area contributed by atoms with Gasteiger partial charge in [0.05, 0.1) is 17.1 Å². The number of carbonyl (C=O) groups is 1. The average molecular weight is 375 g/mol. The number of para-hydroxylation sites is 2. The first-order valence-electron chi connectivity index (χ1n) is 9.29. The smallest absolute Gasteiger partial charge is 0.262 e. The van der Waals surface area contributed by atoms with E-state index < -0.39 is 0 Å². The summed E-state index contributed by atoms with van der Waals surface area (Å²) in [6.45, 7) is 6.09.